The second kappa shape index (κ2) is 9.48. The van der Waals surface area contributed by atoms with Crippen molar-refractivity contribution in [2.45, 2.75) is 19.8 Å². The number of benzene rings is 1. The Balaban J connectivity index is 1.47. The lowest BCUT2D eigenvalue weighted by Gasteiger charge is -2.26. The van der Waals surface area contributed by atoms with Crippen LogP contribution in [-0.4, -0.2) is 55.2 Å². The smallest absolute Gasteiger partial charge is 0.257 e. The van der Waals surface area contributed by atoms with E-state index in [1.807, 2.05) is 30.3 Å². The number of nitrogens with zero attached hydrogens (tertiary/aromatic N) is 2. The van der Waals surface area contributed by atoms with Crippen molar-refractivity contribution in [1.29, 1.82) is 0 Å². The van der Waals surface area contributed by atoms with Gasteiger partial charge in [0, 0.05) is 38.1 Å². The molecule has 0 saturated carbocycles. The van der Waals surface area contributed by atoms with Gasteiger partial charge >= 0.3 is 0 Å². The summed E-state index contributed by atoms with van der Waals surface area (Å²) in [6.07, 6.45) is 1.61. The van der Waals surface area contributed by atoms with E-state index in [1.54, 1.807) is 12.3 Å². The lowest BCUT2D eigenvalue weighted by Crippen LogP contribution is -2.39. The molecule has 1 saturated heterocycles. The highest BCUT2D eigenvalue weighted by atomic mass is 16.5. The van der Waals surface area contributed by atoms with E-state index in [2.05, 4.69) is 34.4 Å². The zero-order chi connectivity index (χ0) is 19.1. The van der Waals surface area contributed by atoms with Crippen molar-refractivity contribution in [2.24, 2.45) is 0 Å². The maximum absolute atomic E-state index is 12.4. The van der Waals surface area contributed by atoms with E-state index < -0.39 is 0 Å². The zero-order valence-electron chi connectivity index (χ0n) is 16.1. The molecule has 0 radical (unpaired) electrons. The molecular formula is C21H28N4O2. The van der Waals surface area contributed by atoms with Crippen LogP contribution in [0.25, 0.3) is 0 Å². The molecule has 2 aromatic rings. The minimum absolute atomic E-state index is 0.153. The maximum Gasteiger partial charge on any atom is 0.257 e. The Kier molecular flexibility index (Phi) is 6.79. The normalized spacial score (nSPS) is 14.9. The van der Waals surface area contributed by atoms with Crippen molar-refractivity contribution in [1.82, 2.24) is 9.88 Å². The van der Waals surface area contributed by atoms with Crippen LogP contribution in [0.1, 0.15) is 35.7 Å². The highest BCUT2D eigenvalue weighted by Gasteiger charge is 2.10. The van der Waals surface area contributed by atoms with Gasteiger partial charge in [-0.3, -0.25) is 9.69 Å². The van der Waals surface area contributed by atoms with Crippen LogP contribution in [0.15, 0.2) is 42.6 Å². The number of aromatic nitrogens is 1. The van der Waals surface area contributed by atoms with Crippen LogP contribution in [-0.2, 0) is 4.74 Å². The second-order valence-corrected chi connectivity index (χ2v) is 7.04. The number of carbonyl (C=O) groups is 1. The molecule has 3 rings (SSSR count). The first kappa shape index (κ1) is 19.3. The van der Waals surface area contributed by atoms with E-state index >= 15 is 0 Å². The Bertz CT molecular complexity index is 723. The number of pyridine rings is 1. The first-order valence-electron chi connectivity index (χ1n) is 9.53. The Hall–Kier alpha value is -2.44. The van der Waals surface area contributed by atoms with Crippen LogP contribution < -0.4 is 10.6 Å². The molecule has 6 nitrogen and oxygen atoms in total. The summed E-state index contributed by atoms with van der Waals surface area (Å²) in [6.45, 7) is 9.65. The van der Waals surface area contributed by atoms with Gasteiger partial charge in [-0.2, -0.15) is 0 Å². The number of hydrogen-bond acceptors (Lipinski definition) is 5. The largest absolute Gasteiger partial charge is 0.379 e. The molecule has 1 aromatic carbocycles. The van der Waals surface area contributed by atoms with Crippen LogP contribution >= 0.6 is 0 Å². The quantitative estimate of drug-likeness (QED) is 0.786. The summed E-state index contributed by atoms with van der Waals surface area (Å²) in [7, 11) is 0. The Labute approximate surface area is 160 Å². The molecule has 27 heavy (non-hydrogen) atoms. The molecule has 0 bridgehead atoms. The number of morpholine rings is 1. The predicted molar refractivity (Wildman–Crippen MR) is 108 cm³/mol. The van der Waals surface area contributed by atoms with Gasteiger partial charge in [0.1, 0.15) is 5.82 Å². The first-order chi connectivity index (χ1) is 13.1. The predicted octanol–water partition coefficient (Wildman–Crippen LogP) is 3.20. The van der Waals surface area contributed by atoms with Crippen molar-refractivity contribution in [2.75, 3.05) is 50.0 Å². The van der Waals surface area contributed by atoms with Crippen LogP contribution in [0.2, 0.25) is 0 Å². The lowest BCUT2D eigenvalue weighted by atomic mass is 10.0. The van der Waals surface area contributed by atoms with Crippen molar-refractivity contribution < 1.29 is 9.53 Å². The van der Waals surface area contributed by atoms with Crippen molar-refractivity contribution >= 4 is 17.4 Å². The molecule has 1 amide bonds. The number of anilines is 2. The molecule has 1 aliphatic rings. The number of ether oxygens (including phenoxy) is 1. The van der Waals surface area contributed by atoms with Crippen molar-refractivity contribution in [3.63, 3.8) is 0 Å². The van der Waals surface area contributed by atoms with E-state index in [9.17, 15) is 4.79 Å². The third-order valence-electron chi connectivity index (χ3n) is 4.70. The van der Waals surface area contributed by atoms with E-state index in [0.29, 0.717) is 11.5 Å². The van der Waals surface area contributed by atoms with Crippen LogP contribution in [0, 0.1) is 0 Å². The molecule has 2 heterocycles. The molecule has 0 atom stereocenters. The van der Waals surface area contributed by atoms with Gasteiger partial charge in [0.25, 0.3) is 5.91 Å². The highest BCUT2D eigenvalue weighted by Crippen LogP contribution is 2.17. The number of amides is 1. The number of hydrogen-bond donors (Lipinski definition) is 2. The molecule has 1 aliphatic heterocycles. The van der Waals surface area contributed by atoms with E-state index in [4.69, 9.17) is 4.74 Å². The summed E-state index contributed by atoms with van der Waals surface area (Å²) in [5.41, 5.74) is 2.58. The summed E-state index contributed by atoms with van der Waals surface area (Å²) in [5.74, 6) is 1.10. The van der Waals surface area contributed by atoms with E-state index in [-0.39, 0.29) is 5.91 Å². The molecule has 2 N–H and O–H groups in total. The van der Waals surface area contributed by atoms with Gasteiger partial charge in [-0.1, -0.05) is 26.0 Å². The topological polar surface area (TPSA) is 66.5 Å². The average molecular weight is 368 g/mol. The third kappa shape index (κ3) is 5.77. The summed E-state index contributed by atoms with van der Waals surface area (Å²) >= 11 is 0. The minimum Gasteiger partial charge on any atom is -0.379 e. The van der Waals surface area contributed by atoms with E-state index in [1.165, 1.54) is 5.56 Å². The van der Waals surface area contributed by atoms with Crippen LogP contribution in [0.3, 0.4) is 0 Å². The minimum atomic E-state index is -0.153. The molecule has 1 fully saturated rings. The van der Waals surface area contributed by atoms with Gasteiger partial charge in [0.05, 0.1) is 18.8 Å². The molecule has 1 aromatic heterocycles. The maximum atomic E-state index is 12.4. The van der Waals surface area contributed by atoms with Gasteiger partial charge in [0.15, 0.2) is 0 Å². The summed E-state index contributed by atoms with van der Waals surface area (Å²) in [4.78, 5) is 19.1. The summed E-state index contributed by atoms with van der Waals surface area (Å²) < 4.78 is 5.35. The standard InChI is InChI=1S/C21H28N4O2/c1-16(2)17-3-6-19(7-4-17)24-21(26)18-5-8-20(23-15-18)22-9-10-25-11-13-27-14-12-25/h3-8,15-16H,9-14H2,1-2H3,(H,22,23)(H,24,26). The molecule has 0 aliphatic carbocycles. The highest BCUT2D eigenvalue weighted by molar-refractivity contribution is 6.04. The fourth-order valence-corrected chi connectivity index (χ4v) is 2.95. The van der Waals surface area contributed by atoms with Crippen molar-refractivity contribution in [3.8, 4) is 0 Å². The molecule has 6 heteroatoms. The SMILES string of the molecule is CC(C)c1ccc(NC(=O)c2ccc(NCCN3CCOCC3)nc2)cc1. The number of nitrogens with one attached hydrogen (secondary N) is 2. The van der Waals surface area contributed by atoms with E-state index in [0.717, 1.165) is 50.9 Å². The van der Waals surface area contributed by atoms with Crippen LogP contribution in [0.5, 0.6) is 0 Å². The monoisotopic (exact) mass is 368 g/mol. The van der Waals surface area contributed by atoms with Crippen LogP contribution in [0.4, 0.5) is 11.5 Å². The number of rotatable bonds is 7. The Morgan fingerprint density at radius 2 is 1.89 bits per heavy atom. The van der Waals surface area contributed by atoms with Gasteiger partial charge in [-0.25, -0.2) is 4.98 Å². The average Bonchev–Trinajstić information content (AvgIpc) is 2.70. The lowest BCUT2D eigenvalue weighted by molar-refractivity contribution is 0.0398. The van der Waals surface area contributed by atoms with Gasteiger partial charge < -0.3 is 15.4 Å². The number of carbonyl (C=O) groups excluding carboxylic acids is 1. The van der Waals surface area contributed by atoms with Gasteiger partial charge in [-0.05, 0) is 35.7 Å². The fraction of sp³-hybridized carbons (Fsp3) is 0.429. The Morgan fingerprint density at radius 3 is 2.52 bits per heavy atom. The van der Waals surface area contributed by atoms with Gasteiger partial charge in [-0.15, -0.1) is 0 Å². The third-order valence-corrected chi connectivity index (χ3v) is 4.70. The molecule has 0 spiro atoms. The first-order valence-corrected chi connectivity index (χ1v) is 9.53. The molecule has 144 valence electrons. The Morgan fingerprint density at radius 1 is 1.15 bits per heavy atom. The molecule has 0 unspecified atom stereocenters. The summed E-state index contributed by atoms with van der Waals surface area (Å²) in [6, 6.07) is 11.6. The molecular weight excluding hydrogens is 340 g/mol. The second-order valence-electron chi connectivity index (χ2n) is 7.04. The fourth-order valence-electron chi connectivity index (χ4n) is 2.95. The van der Waals surface area contributed by atoms with Crippen molar-refractivity contribution in [3.05, 3.63) is 53.7 Å². The van der Waals surface area contributed by atoms with Gasteiger partial charge in [0.2, 0.25) is 0 Å². The summed E-state index contributed by atoms with van der Waals surface area (Å²) in [5, 5.41) is 6.21. The zero-order valence-corrected chi connectivity index (χ0v) is 16.1.